The molecule has 7 atom stereocenters. The van der Waals surface area contributed by atoms with Crippen molar-refractivity contribution in [2.45, 2.75) is 77.1 Å². The number of hydrogen-bond donors (Lipinski definition) is 4. The third kappa shape index (κ3) is 2.57. The molecule has 4 N–H and O–H groups in total. The standard InChI is InChI=1S/C20H34O4/c1-12(2)20(24)8-7-18(3)10-14-13(11-21)9-15(22)17(14)19(4,23)6-5-16(18)20/h5,12-15,17,21-24H,6-11H2,1-4H3. The summed E-state index contributed by atoms with van der Waals surface area (Å²) in [4.78, 5) is 0. The molecule has 0 spiro atoms. The average Bonchev–Trinajstić information content (AvgIpc) is 2.92. The zero-order valence-electron chi connectivity index (χ0n) is 15.5. The number of rotatable bonds is 2. The first-order valence-electron chi connectivity index (χ1n) is 9.50. The van der Waals surface area contributed by atoms with Crippen molar-refractivity contribution in [3.05, 3.63) is 11.6 Å². The third-order valence-electron chi connectivity index (χ3n) is 7.51. The quantitative estimate of drug-likeness (QED) is 0.582. The van der Waals surface area contributed by atoms with Gasteiger partial charge in [0, 0.05) is 12.5 Å². The fourth-order valence-corrected chi connectivity index (χ4v) is 6.05. The highest BCUT2D eigenvalue weighted by Gasteiger charge is 2.58. The van der Waals surface area contributed by atoms with Crippen molar-refractivity contribution in [3.63, 3.8) is 0 Å². The van der Waals surface area contributed by atoms with E-state index in [0.29, 0.717) is 12.8 Å². The lowest BCUT2D eigenvalue weighted by atomic mass is 9.63. The second kappa shape index (κ2) is 5.80. The predicted molar refractivity (Wildman–Crippen MR) is 93.2 cm³/mol. The molecule has 4 heteroatoms. The van der Waals surface area contributed by atoms with Crippen LogP contribution >= 0.6 is 0 Å². The topological polar surface area (TPSA) is 80.9 Å². The Hall–Kier alpha value is -0.420. The second-order valence-corrected chi connectivity index (χ2v) is 9.46. The van der Waals surface area contributed by atoms with Gasteiger partial charge in [-0.1, -0.05) is 26.8 Å². The van der Waals surface area contributed by atoms with E-state index in [9.17, 15) is 20.4 Å². The molecule has 0 heterocycles. The number of aliphatic hydroxyl groups excluding tert-OH is 2. The molecule has 0 aromatic rings. The Morgan fingerprint density at radius 1 is 1.21 bits per heavy atom. The molecule has 24 heavy (non-hydrogen) atoms. The summed E-state index contributed by atoms with van der Waals surface area (Å²) < 4.78 is 0. The highest BCUT2D eigenvalue weighted by molar-refractivity contribution is 5.32. The van der Waals surface area contributed by atoms with Gasteiger partial charge in [0.2, 0.25) is 0 Å². The van der Waals surface area contributed by atoms with Gasteiger partial charge < -0.3 is 20.4 Å². The van der Waals surface area contributed by atoms with Gasteiger partial charge in [-0.05, 0) is 67.8 Å². The van der Waals surface area contributed by atoms with E-state index in [-0.39, 0.29) is 35.7 Å². The van der Waals surface area contributed by atoms with Crippen molar-refractivity contribution in [2.24, 2.45) is 29.1 Å². The molecule has 4 nitrogen and oxygen atoms in total. The summed E-state index contributed by atoms with van der Waals surface area (Å²) in [6.45, 7) is 8.19. The minimum atomic E-state index is -1.01. The fraction of sp³-hybridized carbons (Fsp3) is 0.900. The van der Waals surface area contributed by atoms with E-state index in [1.165, 1.54) is 0 Å². The van der Waals surface area contributed by atoms with Gasteiger partial charge in [-0.2, -0.15) is 0 Å². The molecule has 3 rings (SSSR count). The summed E-state index contributed by atoms with van der Waals surface area (Å²) in [7, 11) is 0. The highest BCUT2D eigenvalue weighted by atomic mass is 16.3. The van der Waals surface area contributed by atoms with Gasteiger partial charge in [0.25, 0.3) is 0 Å². The molecule has 138 valence electrons. The molecule has 3 aliphatic rings. The normalized spacial score (nSPS) is 51.8. The van der Waals surface area contributed by atoms with Crippen LogP contribution in [0.4, 0.5) is 0 Å². The Kier molecular flexibility index (Phi) is 4.44. The molecule has 0 bridgehead atoms. The molecular weight excluding hydrogens is 304 g/mol. The summed E-state index contributed by atoms with van der Waals surface area (Å²) in [5.74, 6) is 0.0363. The summed E-state index contributed by atoms with van der Waals surface area (Å²) >= 11 is 0. The lowest BCUT2D eigenvalue weighted by Gasteiger charge is -2.44. The Morgan fingerprint density at radius 2 is 1.88 bits per heavy atom. The van der Waals surface area contributed by atoms with Crippen LogP contribution in [-0.4, -0.2) is 44.3 Å². The molecule has 0 aromatic carbocycles. The fourth-order valence-electron chi connectivity index (χ4n) is 6.05. The van der Waals surface area contributed by atoms with E-state index in [1.54, 1.807) is 6.92 Å². The van der Waals surface area contributed by atoms with Gasteiger partial charge in [-0.15, -0.1) is 0 Å². The molecule has 2 saturated carbocycles. The summed E-state index contributed by atoms with van der Waals surface area (Å²) in [6.07, 6.45) is 4.99. The lowest BCUT2D eigenvalue weighted by Crippen LogP contribution is -2.46. The SMILES string of the molecule is CC(C)C1(O)CCC2(C)CC3C(CO)CC(O)C3C(C)(O)CC=C21. The van der Waals surface area contributed by atoms with Crippen molar-refractivity contribution < 1.29 is 20.4 Å². The van der Waals surface area contributed by atoms with Gasteiger partial charge in [0.1, 0.15) is 0 Å². The molecule has 3 aliphatic carbocycles. The van der Waals surface area contributed by atoms with Crippen molar-refractivity contribution in [1.82, 2.24) is 0 Å². The molecular formula is C20H34O4. The first-order chi connectivity index (χ1) is 11.0. The van der Waals surface area contributed by atoms with Crippen LogP contribution in [0.25, 0.3) is 0 Å². The van der Waals surface area contributed by atoms with Crippen LogP contribution in [0.5, 0.6) is 0 Å². The van der Waals surface area contributed by atoms with E-state index in [1.807, 2.05) is 0 Å². The Labute approximate surface area is 145 Å². The minimum absolute atomic E-state index is 0.0281. The molecule has 0 aliphatic heterocycles. The largest absolute Gasteiger partial charge is 0.396 e. The predicted octanol–water partition coefficient (Wildman–Crippen LogP) is 2.25. The van der Waals surface area contributed by atoms with Crippen LogP contribution in [0.2, 0.25) is 0 Å². The van der Waals surface area contributed by atoms with Crippen molar-refractivity contribution >= 4 is 0 Å². The van der Waals surface area contributed by atoms with Crippen LogP contribution in [0.15, 0.2) is 11.6 Å². The summed E-state index contributed by atoms with van der Waals surface area (Å²) in [6, 6.07) is 0. The van der Waals surface area contributed by atoms with Gasteiger partial charge in [-0.25, -0.2) is 0 Å². The van der Waals surface area contributed by atoms with Crippen LogP contribution in [0, 0.1) is 29.1 Å². The van der Waals surface area contributed by atoms with Crippen LogP contribution in [0.3, 0.4) is 0 Å². The van der Waals surface area contributed by atoms with Crippen LogP contribution in [-0.2, 0) is 0 Å². The zero-order valence-corrected chi connectivity index (χ0v) is 15.5. The van der Waals surface area contributed by atoms with Gasteiger partial charge >= 0.3 is 0 Å². The van der Waals surface area contributed by atoms with E-state index < -0.39 is 17.3 Å². The van der Waals surface area contributed by atoms with Crippen LogP contribution < -0.4 is 0 Å². The van der Waals surface area contributed by atoms with E-state index in [4.69, 9.17) is 0 Å². The first-order valence-corrected chi connectivity index (χ1v) is 9.50. The Bertz CT molecular complexity index is 526. The van der Waals surface area contributed by atoms with Crippen molar-refractivity contribution in [2.75, 3.05) is 6.61 Å². The van der Waals surface area contributed by atoms with Gasteiger partial charge in [0.15, 0.2) is 0 Å². The maximum absolute atomic E-state index is 11.3. The molecule has 0 amide bonds. The number of hydrogen-bond acceptors (Lipinski definition) is 4. The molecule has 0 aromatic heterocycles. The third-order valence-corrected chi connectivity index (χ3v) is 7.51. The van der Waals surface area contributed by atoms with E-state index in [0.717, 1.165) is 24.8 Å². The monoisotopic (exact) mass is 338 g/mol. The Morgan fingerprint density at radius 3 is 2.46 bits per heavy atom. The number of aliphatic hydroxyl groups is 4. The van der Waals surface area contributed by atoms with Gasteiger partial charge in [-0.3, -0.25) is 0 Å². The maximum Gasteiger partial charge on any atom is 0.0885 e. The molecule has 2 fully saturated rings. The zero-order chi connectivity index (χ0) is 17.9. The van der Waals surface area contributed by atoms with Crippen molar-refractivity contribution in [1.29, 1.82) is 0 Å². The molecule has 0 radical (unpaired) electrons. The maximum atomic E-state index is 11.3. The second-order valence-electron chi connectivity index (χ2n) is 9.46. The number of fused-ring (bicyclic) bond motifs is 2. The lowest BCUT2D eigenvalue weighted by molar-refractivity contribution is -0.0720. The molecule has 0 saturated heterocycles. The van der Waals surface area contributed by atoms with Crippen molar-refractivity contribution in [3.8, 4) is 0 Å². The Balaban J connectivity index is 2.06. The summed E-state index contributed by atoms with van der Waals surface area (Å²) in [5, 5.41) is 42.7. The van der Waals surface area contributed by atoms with E-state index in [2.05, 4.69) is 26.8 Å². The van der Waals surface area contributed by atoms with Gasteiger partial charge in [0.05, 0.1) is 17.3 Å². The molecule has 7 unspecified atom stereocenters. The smallest absolute Gasteiger partial charge is 0.0885 e. The highest BCUT2D eigenvalue weighted by Crippen LogP contribution is 2.60. The van der Waals surface area contributed by atoms with E-state index >= 15 is 0 Å². The minimum Gasteiger partial charge on any atom is -0.396 e. The first kappa shape index (κ1) is 18.4. The summed E-state index contributed by atoms with van der Waals surface area (Å²) in [5.41, 5.74) is -0.857. The average molecular weight is 338 g/mol. The van der Waals surface area contributed by atoms with Crippen LogP contribution in [0.1, 0.15) is 59.8 Å².